The van der Waals surface area contributed by atoms with Gasteiger partial charge in [0.05, 0.1) is 6.54 Å². The van der Waals surface area contributed by atoms with Gasteiger partial charge in [-0.15, -0.1) is 0 Å². The Hall–Kier alpha value is -1.59. The van der Waals surface area contributed by atoms with E-state index in [0.717, 1.165) is 0 Å². The fraction of sp³-hybridized carbons (Fsp3) is 0.727. The molecule has 6 heteroatoms. The molecule has 0 bridgehead atoms. The number of hydrogen-bond acceptors (Lipinski definition) is 3. The number of carboxylic acid groups (broad SMARTS) is 1. The highest BCUT2D eigenvalue weighted by molar-refractivity contribution is 5.86. The molecular weight excluding hydrogens is 224 g/mol. The molecule has 0 aromatic heterocycles. The molecule has 0 aromatic carbocycles. The van der Waals surface area contributed by atoms with Crippen molar-refractivity contribution in [1.29, 1.82) is 0 Å². The van der Waals surface area contributed by atoms with Gasteiger partial charge in [-0.25, -0.2) is 0 Å². The molecular formula is C11H20N2O4. The molecule has 1 unspecified atom stereocenters. The first-order valence-electron chi connectivity index (χ1n) is 5.52. The number of likely N-dealkylation sites (N-methyl/N-ethyl adjacent to an activating group) is 1. The molecule has 0 rings (SSSR count). The van der Waals surface area contributed by atoms with E-state index in [1.54, 1.807) is 6.92 Å². The Labute approximate surface area is 101 Å². The van der Waals surface area contributed by atoms with Crippen molar-refractivity contribution < 1.29 is 19.5 Å². The highest BCUT2D eigenvalue weighted by Crippen LogP contribution is 2.04. The number of hydrogen-bond donors (Lipinski definition) is 1. The molecule has 0 aliphatic heterocycles. The van der Waals surface area contributed by atoms with Crippen LogP contribution in [0.25, 0.3) is 0 Å². The highest BCUT2D eigenvalue weighted by Gasteiger charge is 2.22. The fourth-order valence-electron chi connectivity index (χ4n) is 1.26. The van der Waals surface area contributed by atoms with Crippen LogP contribution in [-0.4, -0.2) is 58.9 Å². The third-order valence-electron chi connectivity index (χ3n) is 2.66. The van der Waals surface area contributed by atoms with Gasteiger partial charge in [0.1, 0.15) is 6.54 Å². The lowest BCUT2D eigenvalue weighted by molar-refractivity contribution is -0.147. The van der Waals surface area contributed by atoms with Crippen LogP contribution in [0, 0.1) is 0 Å². The van der Waals surface area contributed by atoms with Gasteiger partial charge < -0.3 is 14.9 Å². The van der Waals surface area contributed by atoms with Crippen molar-refractivity contribution in [2.24, 2.45) is 0 Å². The third kappa shape index (κ3) is 5.33. The van der Waals surface area contributed by atoms with Crippen molar-refractivity contribution in [3.63, 3.8) is 0 Å². The Balaban J connectivity index is 4.63. The Bertz CT molecular complexity index is 304. The quantitative estimate of drug-likeness (QED) is 0.722. The summed E-state index contributed by atoms with van der Waals surface area (Å²) in [5.41, 5.74) is 0. The molecule has 0 radical (unpaired) electrons. The standard InChI is InChI=1S/C11H20N2O4/c1-5-8(2)13(7-11(16)17)10(15)6-12(4)9(3)14/h8H,5-7H2,1-4H3,(H,16,17). The van der Waals surface area contributed by atoms with Crippen LogP contribution in [0.15, 0.2) is 0 Å². The van der Waals surface area contributed by atoms with Crippen LogP contribution < -0.4 is 0 Å². The highest BCUT2D eigenvalue weighted by atomic mass is 16.4. The summed E-state index contributed by atoms with van der Waals surface area (Å²) in [4.78, 5) is 36.1. The third-order valence-corrected chi connectivity index (χ3v) is 2.66. The van der Waals surface area contributed by atoms with Crippen molar-refractivity contribution in [2.75, 3.05) is 20.1 Å². The zero-order valence-electron chi connectivity index (χ0n) is 10.8. The summed E-state index contributed by atoms with van der Waals surface area (Å²) in [7, 11) is 1.51. The molecule has 0 spiro atoms. The summed E-state index contributed by atoms with van der Waals surface area (Å²) in [6.07, 6.45) is 0.669. The number of rotatable bonds is 6. The Morgan fingerprint density at radius 1 is 1.24 bits per heavy atom. The second-order valence-corrected chi connectivity index (χ2v) is 4.05. The molecule has 17 heavy (non-hydrogen) atoms. The van der Waals surface area contributed by atoms with Crippen LogP contribution in [0.4, 0.5) is 0 Å². The summed E-state index contributed by atoms with van der Waals surface area (Å²) in [5.74, 6) is -1.62. The predicted molar refractivity (Wildman–Crippen MR) is 62.4 cm³/mol. The van der Waals surface area contributed by atoms with E-state index in [1.165, 1.54) is 23.8 Å². The Morgan fingerprint density at radius 2 is 1.76 bits per heavy atom. The monoisotopic (exact) mass is 244 g/mol. The van der Waals surface area contributed by atoms with Gasteiger partial charge in [-0.3, -0.25) is 14.4 Å². The van der Waals surface area contributed by atoms with E-state index in [-0.39, 0.29) is 30.9 Å². The second kappa shape index (κ2) is 6.88. The van der Waals surface area contributed by atoms with E-state index >= 15 is 0 Å². The fourth-order valence-corrected chi connectivity index (χ4v) is 1.26. The summed E-state index contributed by atoms with van der Waals surface area (Å²) in [6, 6.07) is -0.154. The van der Waals surface area contributed by atoms with Crippen molar-refractivity contribution >= 4 is 17.8 Å². The lowest BCUT2D eigenvalue weighted by atomic mass is 10.2. The van der Waals surface area contributed by atoms with Gasteiger partial charge in [0, 0.05) is 20.0 Å². The van der Waals surface area contributed by atoms with Crippen LogP contribution in [0.3, 0.4) is 0 Å². The summed E-state index contributed by atoms with van der Waals surface area (Å²) < 4.78 is 0. The number of aliphatic carboxylic acids is 1. The summed E-state index contributed by atoms with van der Waals surface area (Å²) in [6.45, 7) is 4.60. The molecule has 98 valence electrons. The van der Waals surface area contributed by atoms with Crippen molar-refractivity contribution in [1.82, 2.24) is 9.80 Å². The largest absolute Gasteiger partial charge is 0.480 e. The lowest BCUT2D eigenvalue weighted by Crippen LogP contribution is -2.46. The SMILES string of the molecule is CCC(C)N(CC(=O)O)C(=O)CN(C)C(C)=O. The summed E-state index contributed by atoms with van der Waals surface area (Å²) >= 11 is 0. The lowest BCUT2D eigenvalue weighted by Gasteiger charge is -2.28. The average Bonchev–Trinajstić information content (AvgIpc) is 2.24. The molecule has 0 fully saturated rings. The zero-order chi connectivity index (χ0) is 13.6. The smallest absolute Gasteiger partial charge is 0.323 e. The van der Waals surface area contributed by atoms with Crippen LogP contribution in [0.2, 0.25) is 0 Å². The Morgan fingerprint density at radius 3 is 2.12 bits per heavy atom. The average molecular weight is 244 g/mol. The molecule has 6 nitrogen and oxygen atoms in total. The summed E-state index contributed by atoms with van der Waals surface area (Å²) in [5, 5.41) is 8.75. The van der Waals surface area contributed by atoms with Crippen molar-refractivity contribution in [3.8, 4) is 0 Å². The van der Waals surface area contributed by atoms with E-state index in [4.69, 9.17) is 5.11 Å². The topological polar surface area (TPSA) is 77.9 Å². The minimum atomic E-state index is -1.05. The van der Waals surface area contributed by atoms with E-state index in [2.05, 4.69) is 0 Å². The molecule has 0 saturated carbocycles. The maximum absolute atomic E-state index is 11.9. The minimum absolute atomic E-state index is 0.0903. The van der Waals surface area contributed by atoms with E-state index in [1.807, 2.05) is 6.92 Å². The van der Waals surface area contributed by atoms with Crippen LogP contribution >= 0.6 is 0 Å². The predicted octanol–water partition coefficient (Wildman–Crippen LogP) is 0.176. The van der Waals surface area contributed by atoms with Gasteiger partial charge in [-0.2, -0.15) is 0 Å². The maximum Gasteiger partial charge on any atom is 0.323 e. The van der Waals surface area contributed by atoms with E-state index < -0.39 is 5.97 Å². The van der Waals surface area contributed by atoms with Gasteiger partial charge in [0.25, 0.3) is 0 Å². The first kappa shape index (κ1) is 15.4. The van der Waals surface area contributed by atoms with Crippen molar-refractivity contribution in [3.05, 3.63) is 0 Å². The van der Waals surface area contributed by atoms with E-state index in [9.17, 15) is 14.4 Å². The van der Waals surface area contributed by atoms with Crippen LogP contribution in [-0.2, 0) is 14.4 Å². The van der Waals surface area contributed by atoms with Gasteiger partial charge in [0.15, 0.2) is 0 Å². The first-order valence-corrected chi connectivity index (χ1v) is 5.52. The Kier molecular flexibility index (Phi) is 6.23. The molecule has 1 N–H and O–H groups in total. The second-order valence-electron chi connectivity index (χ2n) is 4.05. The number of carbonyl (C=O) groups excluding carboxylic acids is 2. The number of amides is 2. The maximum atomic E-state index is 11.9. The first-order chi connectivity index (χ1) is 7.79. The van der Waals surface area contributed by atoms with Crippen molar-refractivity contribution in [2.45, 2.75) is 33.2 Å². The minimum Gasteiger partial charge on any atom is -0.480 e. The number of carbonyl (C=O) groups is 3. The zero-order valence-corrected chi connectivity index (χ0v) is 10.8. The number of carboxylic acids is 1. The van der Waals surface area contributed by atoms with Gasteiger partial charge in [-0.1, -0.05) is 6.92 Å². The van der Waals surface area contributed by atoms with E-state index in [0.29, 0.717) is 6.42 Å². The van der Waals surface area contributed by atoms with Crippen LogP contribution in [0.1, 0.15) is 27.2 Å². The number of nitrogens with zero attached hydrogens (tertiary/aromatic N) is 2. The van der Waals surface area contributed by atoms with Gasteiger partial charge >= 0.3 is 5.97 Å². The van der Waals surface area contributed by atoms with Gasteiger partial charge in [-0.05, 0) is 13.3 Å². The van der Waals surface area contributed by atoms with Crippen LogP contribution in [0.5, 0.6) is 0 Å². The molecule has 0 aliphatic rings. The molecule has 0 aliphatic carbocycles. The molecule has 0 saturated heterocycles. The van der Waals surface area contributed by atoms with Gasteiger partial charge in [0.2, 0.25) is 11.8 Å². The molecule has 2 amide bonds. The molecule has 0 heterocycles. The normalized spacial score (nSPS) is 11.8. The molecule has 1 atom stereocenters. The molecule has 0 aromatic rings.